The molecule has 0 unspecified atom stereocenters. The van der Waals surface area contributed by atoms with Crippen LogP contribution in [0.1, 0.15) is 13.8 Å². The van der Waals surface area contributed by atoms with E-state index in [2.05, 4.69) is 5.32 Å². The Morgan fingerprint density at radius 1 is 1.25 bits per heavy atom. The van der Waals surface area contributed by atoms with Crippen LogP contribution >= 0.6 is 0 Å². The highest BCUT2D eigenvalue weighted by molar-refractivity contribution is 6.06. The number of nitrogens with one attached hydrogen (secondary N) is 1. The van der Waals surface area contributed by atoms with E-state index in [-0.39, 0.29) is 24.3 Å². The Morgan fingerprint density at radius 2 is 1.75 bits per heavy atom. The van der Waals surface area contributed by atoms with Crippen LogP contribution in [0, 0.1) is 0 Å². The molecule has 0 saturated carbocycles. The van der Waals surface area contributed by atoms with Crippen molar-refractivity contribution in [2.45, 2.75) is 19.4 Å². The molecule has 0 aromatic carbocycles. The summed E-state index contributed by atoms with van der Waals surface area (Å²) in [6.07, 6.45) is 0. The Labute approximate surface area is 103 Å². The number of hydrogen-bond donors (Lipinski definition) is 1. The molecule has 0 spiro atoms. The summed E-state index contributed by atoms with van der Waals surface area (Å²) in [7, 11) is 6.09. The van der Waals surface area contributed by atoms with Crippen molar-refractivity contribution in [3.8, 4) is 0 Å². The first kappa shape index (κ1) is 15.2. The maximum absolute atomic E-state index is 11.8. The smallest absolute Gasteiger partial charge is 0.325 e. The van der Waals surface area contributed by atoms with E-state index >= 15 is 0 Å². The molecule has 0 bridgehead atoms. The number of amides is 3. The van der Waals surface area contributed by atoms with Gasteiger partial charge in [-0.2, -0.15) is 0 Å². The number of carbonyl (C=O) groups is 2. The number of likely N-dealkylation sites (N-methyl/N-ethyl adjacent to an activating group) is 1. The van der Waals surface area contributed by atoms with Gasteiger partial charge in [0.2, 0.25) is 0 Å². The third-order valence-corrected chi connectivity index (χ3v) is 2.44. The summed E-state index contributed by atoms with van der Waals surface area (Å²) in [6, 6.07) is -0.279. The topological polar surface area (TPSA) is 49.4 Å². The van der Waals surface area contributed by atoms with Gasteiger partial charge in [0.15, 0.2) is 0 Å². The van der Waals surface area contributed by atoms with Crippen LogP contribution < -0.4 is 17.7 Å². The molecule has 16 heavy (non-hydrogen) atoms. The first-order valence-electron chi connectivity index (χ1n) is 5.08. The number of urea groups is 1. The molecule has 0 atom stereocenters. The summed E-state index contributed by atoms with van der Waals surface area (Å²) in [4.78, 5) is 24.6. The van der Waals surface area contributed by atoms with E-state index in [1.54, 1.807) is 13.8 Å². The summed E-state index contributed by atoms with van der Waals surface area (Å²) in [5.41, 5.74) is -0.748. The zero-order chi connectivity index (χ0) is 11.9. The van der Waals surface area contributed by atoms with Gasteiger partial charge in [-0.1, -0.05) is 0 Å². The molecule has 6 heteroatoms. The van der Waals surface area contributed by atoms with Crippen molar-refractivity contribution in [2.24, 2.45) is 0 Å². The lowest BCUT2D eigenvalue weighted by molar-refractivity contribution is -0.869. The number of hydrogen-bond acceptors (Lipinski definition) is 2. The minimum atomic E-state index is -0.748. The van der Waals surface area contributed by atoms with Crippen molar-refractivity contribution in [1.82, 2.24) is 10.2 Å². The number of quaternary nitrogens is 1. The lowest BCUT2D eigenvalue weighted by atomic mass is 10.1. The fourth-order valence-electron chi connectivity index (χ4n) is 1.42. The predicted octanol–water partition coefficient (Wildman–Crippen LogP) is -2.97. The van der Waals surface area contributed by atoms with E-state index < -0.39 is 5.54 Å². The molecule has 1 N–H and O–H groups in total. The first-order chi connectivity index (χ1) is 6.63. The van der Waals surface area contributed by atoms with E-state index in [4.69, 9.17) is 0 Å². The van der Waals surface area contributed by atoms with Gasteiger partial charge in [0.1, 0.15) is 5.54 Å². The SMILES string of the molecule is CC1(C)NC(=O)N(CC[N+](C)(C)C)C1=O.[Cl-]. The van der Waals surface area contributed by atoms with E-state index in [0.717, 1.165) is 11.0 Å². The van der Waals surface area contributed by atoms with Crippen molar-refractivity contribution < 1.29 is 26.5 Å². The second-order valence-electron chi connectivity index (χ2n) is 5.53. The zero-order valence-electron chi connectivity index (χ0n) is 10.5. The highest BCUT2D eigenvalue weighted by Crippen LogP contribution is 2.16. The Morgan fingerprint density at radius 3 is 2.06 bits per heavy atom. The summed E-state index contributed by atoms with van der Waals surface area (Å²) in [5, 5.41) is 2.66. The van der Waals surface area contributed by atoms with Crippen molar-refractivity contribution >= 4 is 11.9 Å². The van der Waals surface area contributed by atoms with Crippen LogP contribution in [0.15, 0.2) is 0 Å². The van der Waals surface area contributed by atoms with Crippen molar-refractivity contribution in [2.75, 3.05) is 34.2 Å². The van der Waals surface area contributed by atoms with Crippen LogP contribution in [0.5, 0.6) is 0 Å². The normalized spacial score (nSPS) is 19.4. The number of nitrogens with zero attached hydrogens (tertiary/aromatic N) is 2. The largest absolute Gasteiger partial charge is 1.00 e. The molecule has 0 aliphatic carbocycles. The van der Waals surface area contributed by atoms with Gasteiger partial charge in [0, 0.05) is 0 Å². The van der Waals surface area contributed by atoms with Gasteiger partial charge in [0.25, 0.3) is 5.91 Å². The first-order valence-corrected chi connectivity index (χ1v) is 5.08. The Kier molecular flexibility index (Phi) is 4.36. The summed E-state index contributed by atoms with van der Waals surface area (Å²) >= 11 is 0. The molecular formula is C10H20ClN3O2. The van der Waals surface area contributed by atoms with Crippen LogP contribution in [0.25, 0.3) is 0 Å². The van der Waals surface area contributed by atoms with E-state index in [9.17, 15) is 9.59 Å². The molecule has 1 fully saturated rings. The molecule has 1 saturated heterocycles. The molecule has 1 aliphatic rings. The molecule has 0 aromatic heterocycles. The van der Waals surface area contributed by atoms with E-state index in [1.807, 2.05) is 21.1 Å². The van der Waals surface area contributed by atoms with E-state index in [1.165, 1.54) is 4.90 Å². The van der Waals surface area contributed by atoms with E-state index in [0.29, 0.717) is 6.54 Å². The standard InChI is InChI=1S/C10H19N3O2.ClH/c1-10(2)8(14)12(9(15)11-10)6-7-13(3,4)5;/h6-7H2,1-5H3;1H. The van der Waals surface area contributed by atoms with Gasteiger partial charge >= 0.3 is 6.03 Å². The highest BCUT2D eigenvalue weighted by atomic mass is 35.5. The minimum Gasteiger partial charge on any atom is -1.00 e. The average molecular weight is 250 g/mol. The van der Waals surface area contributed by atoms with Gasteiger partial charge in [-0.3, -0.25) is 9.69 Å². The Balaban J connectivity index is 0.00000225. The molecule has 3 amide bonds. The zero-order valence-corrected chi connectivity index (χ0v) is 11.3. The summed E-state index contributed by atoms with van der Waals surface area (Å²) in [5.74, 6) is -0.138. The van der Waals surface area contributed by atoms with Crippen molar-refractivity contribution in [1.29, 1.82) is 0 Å². The number of imide groups is 1. The summed E-state index contributed by atoms with van der Waals surface area (Å²) < 4.78 is 0.734. The monoisotopic (exact) mass is 249 g/mol. The number of rotatable bonds is 3. The minimum absolute atomic E-state index is 0. The maximum Gasteiger partial charge on any atom is 0.325 e. The highest BCUT2D eigenvalue weighted by Gasteiger charge is 2.44. The third-order valence-electron chi connectivity index (χ3n) is 2.44. The quantitative estimate of drug-likeness (QED) is 0.429. The Bertz CT molecular complexity index is 297. The second kappa shape index (κ2) is 4.59. The van der Waals surface area contributed by atoms with Gasteiger partial charge in [-0.05, 0) is 13.8 Å². The second-order valence-corrected chi connectivity index (χ2v) is 5.53. The van der Waals surface area contributed by atoms with Crippen molar-refractivity contribution in [3.63, 3.8) is 0 Å². The molecule has 1 aliphatic heterocycles. The van der Waals surface area contributed by atoms with Gasteiger partial charge in [-0.15, -0.1) is 0 Å². The fraction of sp³-hybridized carbons (Fsp3) is 0.800. The predicted molar refractivity (Wildman–Crippen MR) is 57.2 cm³/mol. The number of halogens is 1. The molecular weight excluding hydrogens is 230 g/mol. The maximum atomic E-state index is 11.8. The summed E-state index contributed by atoms with van der Waals surface area (Å²) in [6.45, 7) is 4.67. The van der Waals surface area contributed by atoms with Crippen LogP contribution in [0.4, 0.5) is 4.79 Å². The third kappa shape index (κ3) is 3.35. The van der Waals surface area contributed by atoms with Crippen LogP contribution in [-0.4, -0.2) is 61.1 Å². The Hall–Kier alpha value is -0.810. The molecule has 1 rings (SSSR count). The van der Waals surface area contributed by atoms with Crippen molar-refractivity contribution in [3.05, 3.63) is 0 Å². The van der Waals surface area contributed by atoms with Gasteiger partial charge in [-0.25, -0.2) is 4.79 Å². The van der Waals surface area contributed by atoms with Gasteiger partial charge in [0.05, 0.1) is 34.2 Å². The van der Waals surface area contributed by atoms with Crippen LogP contribution in [-0.2, 0) is 4.79 Å². The molecule has 94 valence electrons. The molecule has 0 aromatic rings. The fourth-order valence-corrected chi connectivity index (χ4v) is 1.42. The molecule has 0 radical (unpaired) electrons. The lowest BCUT2D eigenvalue weighted by Gasteiger charge is -2.26. The lowest BCUT2D eigenvalue weighted by Crippen LogP contribution is -3.00. The van der Waals surface area contributed by atoms with Crippen LogP contribution in [0.2, 0.25) is 0 Å². The molecule has 1 heterocycles. The molecule has 5 nitrogen and oxygen atoms in total. The van der Waals surface area contributed by atoms with Gasteiger partial charge < -0.3 is 22.2 Å². The van der Waals surface area contributed by atoms with Crippen LogP contribution in [0.3, 0.4) is 0 Å². The number of carbonyl (C=O) groups excluding carboxylic acids is 2. The average Bonchev–Trinajstić information content (AvgIpc) is 2.18.